The summed E-state index contributed by atoms with van der Waals surface area (Å²) < 4.78 is 39.6. The zero-order valence-corrected chi connectivity index (χ0v) is 16.1. The molecule has 0 fully saturated rings. The molecule has 5 nitrogen and oxygen atoms in total. The summed E-state index contributed by atoms with van der Waals surface area (Å²) in [7, 11) is 3.85. The van der Waals surface area contributed by atoms with Crippen LogP contribution in [-0.2, 0) is 6.18 Å². The minimum atomic E-state index is -4.43. The molecule has 8 heteroatoms. The lowest BCUT2D eigenvalue weighted by Crippen LogP contribution is -2.23. The molecule has 148 valence electrons. The SMILES string of the molecule is Cc1c([C@@H](N)Nc2nnc(C)c3ccc(N(C)C)cc23)cccc1C(F)(F)F. The van der Waals surface area contributed by atoms with Crippen molar-refractivity contribution in [2.45, 2.75) is 26.2 Å². The van der Waals surface area contributed by atoms with Crippen molar-refractivity contribution >= 4 is 22.3 Å². The first-order valence-corrected chi connectivity index (χ1v) is 8.72. The molecule has 0 unspecified atom stereocenters. The molecule has 3 rings (SSSR count). The monoisotopic (exact) mass is 389 g/mol. The van der Waals surface area contributed by atoms with Gasteiger partial charge in [0, 0.05) is 30.6 Å². The molecule has 1 aromatic heterocycles. The van der Waals surface area contributed by atoms with Crippen molar-refractivity contribution in [3.05, 3.63) is 58.8 Å². The lowest BCUT2D eigenvalue weighted by molar-refractivity contribution is -0.138. The smallest absolute Gasteiger partial charge is 0.378 e. The first kappa shape index (κ1) is 19.9. The molecule has 2 aromatic carbocycles. The van der Waals surface area contributed by atoms with Gasteiger partial charge in [-0.25, -0.2) is 0 Å². The van der Waals surface area contributed by atoms with Crippen LogP contribution < -0.4 is 16.0 Å². The molecule has 0 bridgehead atoms. The van der Waals surface area contributed by atoms with E-state index in [0.29, 0.717) is 11.4 Å². The Hall–Kier alpha value is -2.87. The van der Waals surface area contributed by atoms with Crippen LogP contribution >= 0.6 is 0 Å². The number of benzene rings is 2. The maximum absolute atomic E-state index is 13.2. The van der Waals surface area contributed by atoms with Crippen LogP contribution in [0.5, 0.6) is 0 Å². The van der Waals surface area contributed by atoms with Crippen molar-refractivity contribution in [3.63, 3.8) is 0 Å². The number of hydrogen-bond donors (Lipinski definition) is 2. The third-order valence-corrected chi connectivity index (χ3v) is 4.77. The highest BCUT2D eigenvalue weighted by Gasteiger charge is 2.33. The summed E-state index contributed by atoms with van der Waals surface area (Å²) in [6.45, 7) is 3.27. The highest BCUT2D eigenvalue weighted by Crippen LogP contribution is 2.35. The molecule has 3 N–H and O–H groups in total. The van der Waals surface area contributed by atoms with Crippen LogP contribution in [0, 0.1) is 13.8 Å². The molecular weight excluding hydrogens is 367 g/mol. The number of rotatable bonds is 4. The van der Waals surface area contributed by atoms with Crippen LogP contribution in [0.15, 0.2) is 36.4 Å². The van der Waals surface area contributed by atoms with E-state index >= 15 is 0 Å². The number of aryl methyl sites for hydroxylation is 1. The number of aromatic nitrogens is 2. The maximum atomic E-state index is 13.2. The number of halogens is 3. The Kier molecular flexibility index (Phi) is 5.16. The van der Waals surface area contributed by atoms with E-state index in [4.69, 9.17) is 5.73 Å². The van der Waals surface area contributed by atoms with Crippen molar-refractivity contribution in [2.75, 3.05) is 24.3 Å². The number of alkyl halides is 3. The van der Waals surface area contributed by atoms with Gasteiger partial charge in [0.05, 0.1) is 11.3 Å². The lowest BCUT2D eigenvalue weighted by atomic mass is 10.00. The van der Waals surface area contributed by atoms with Crippen molar-refractivity contribution < 1.29 is 13.2 Å². The highest BCUT2D eigenvalue weighted by molar-refractivity contribution is 5.95. The van der Waals surface area contributed by atoms with Gasteiger partial charge in [-0.05, 0) is 43.2 Å². The topological polar surface area (TPSA) is 67.1 Å². The Bertz CT molecular complexity index is 1010. The largest absolute Gasteiger partial charge is 0.416 e. The molecule has 0 spiro atoms. The number of nitrogens with one attached hydrogen (secondary N) is 1. The van der Waals surface area contributed by atoms with E-state index in [-0.39, 0.29) is 5.56 Å². The van der Waals surface area contributed by atoms with Crippen LogP contribution in [-0.4, -0.2) is 24.3 Å². The second-order valence-corrected chi connectivity index (χ2v) is 6.90. The van der Waals surface area contributed by atoms with E-state index in [9.17, 15) is 13.2 Å². The summed E-state index contributed by atoms with van der Waals surface area (Å²) in [5.74, 6) is 0.425. The van der Waals surface area contributed by atoms with E-state index in [1.54, 1.807) is 6.07 Å². The average molecular weight is 389 g/mol. The molecule has 28 heavy (non-hydrogen) atoms. The Labute approximate surface area is 161 Å². The average Bonchev–Trinajstić information content (AvgIpc) is 2.62. The van der Waals surface area contributed by atoms with Crippen LogP contribution in [0.2, 0.25) is 0 Å². The van der Waals surface area contributed by atoms with Crippen molar-refractivity contribution in [3.8, 4) is 0 Å². The fraction of sp³-hybridized carbons (Fsp3) is 0.300. The number of fused-ring (bicyclic) bond motifs is 1. The first-order valence-electron chi connectivity index (χ1n) is 8.72. The fourth-order valence-corrected chi connectivity index (χ4v) is 3.18. The summed E-state index contributed by atoms with van der Waals surface area (Å²) in [5.41, 5.74) is 7.68. The normalized spacial score (nSPS) is 12.9. The maximum Gasteiger partial charge on any atom is 0.416 e. The fourth-order valence-electron chi connectivity index (χ4n) is 3.18. The van der Waals surface area contributed by atoms with Gasteiger partial charge in [-0.1, -0.05) is 18.2 Å². The predicted molar refractivity (Wildman–Crippen MR) is 105 cm³/mol. The summed E-state index contributed by atoms with van der Waals surface area (Å²) in [4.78, 5) is 1.95. The summed E-state index contributed by atoms with van der Waals surface area (Å²) in [6, 6.07) is 9.85. The molecule has 0 aliphatic carbocycles. The zero-order chi connectivity index (χ0) is 20.6. The lowest BCUT2D eigenvalue weighted by Gasteiger charge is -2.21. The van der Waals surface area contributed by atoms with Crippen molar-refractivity contribution in [1.82, 2.24) is 10.2 Å². The number of nitrogens with zero attached hydrogens (tertiary/aromatic N) is 3. The van der Waals surface area contributed by atoms with E-state index in [0.717, 1.165) is 28.2 Å². The first-order chi connectivity index (χ1) is 13.1. The van der Waals surface area contributed by atoms with Gasteiger partial charge in [0.2, 0.25) is 0 Å². The van der Waals surface area contributed by atoms with Crippen LogP contribution in [0.3, 0.4) is 0 Å². The van der Waals surface area contributed by atoms with E-state index in [2.05, 4.69) is 15.5 Å². The Morgan fingerprint density at radius 1 is 1.04 bits per heavy atom. The Balaban J connectivity index is 2.04. The summed E-state index contributed by atoms with van der Waals surface area (Å²) in [5, 5.41) is 13.1. The molecule has 3 aromatic rings. The van der Waals surface area contributed by atoms with E-state index < -0.39 is 17.9 Å². The van der Waals surface area contributed by atoms with Gasteiger partial charge in [0.1, 0.15) is 6.17 Å². The minimum absolute atomic E-state index is 0.0911. The molecule has 0 saturated carbocycles. The highest BCUT2D eigenvalue weighted by atomic mass is 19.4. The standard InChI is InChI=1S/C20H22F3N5/c1-11-14(6-5-7-17(11)20(21,22)23)18(24)25-19-16-10-13(28(3)4)8-9-15(16)12(2)26-27-19/h5-10,18H,24H2,1-4H3,(H,25,27)/t18-/m0/s1. The third-order valence-electron chi connectivity index (χ3n) is 4.77. The summed E-state index contributed by atoms with van der Waals surface area (Å²) in [6.07, 6.45) is -5.30. The Morgan fingerprint density at radius 2 is 1.75 bits per heavy atom. The van der Waals surface area contributed by atoms with Gasteiger partial charge in [0.25, 0.3) is 0 Å². The number of anilines is 2. The van der Waals surface area contributed by atoms with Gasteiger partial charge < -0.3 is 16.0 Å². The summed E-state index contributed by atoms with van der Waals surface area (Å²) >= 11 is 0. The molecule has 0 amide bonds. The quantitative estimate of drug-likeness (QED) is 0.648. The molecule has 0 aliphatic heterocycles. The van der Waals surface area contributed by atoms with Crippen LogP contribution in [0.1, 0.15) is 28.6 Å². The van der Waals surface area contributed by atoms with E-state index in [1.807, 2.05) is 44.1 Å². The van der Waals surface area contributed by atoms with Crippen molar-refractivity contribution in [2.24, 2.45) is 5.73 Å². The predicted octanol–water partition coefficient (Wildman–Crippen LogP) is 4.40. The number of nitrogens with two attached hydrogens (primary N) is 1. The molecule has 0 aliphatic rings. The van der Waals surface area contributed by atoms with Gasteiger partial charge >= 0.3 is 6.18 Å². The van der Waals surface area contributed by atoms with Crippen molar-refractivity contribution in [1.29, 1.82) is 0 Å². The van der Waals surface area contributed by atoms with Gasteiger partial charge in [-0.3, -0.25) is 0 Å². The zero-order valence-electron chi connectivity index (χ0n) is 16.1. The molecule has 1 heterocycles. The molecule has 0 saturated heterocycles. The van der Waals surface area contributed by atoms with Crippen LogP contribution in [0.25, 0.3) is 10.8 Å². The third kappa shape index (κ3) is 3.73. The van der Waals surface area contributed by atoms with Gasteiger partial charge in [-0.15, -0.1) is 5.10 Å². The van der Waals surface area contributed by atoms with Crippen LogP contribution in [0.4, 0.5) is 24.7 Å². The molecule has 0 radical (unpaired) electrons. The Morgan fingerprint density at radius 3 is 2.39 bits per heavy atom. The van der Waals surface area contributed by atoms with Gasteiger partial charge in [-0.2, -0.15) is 18.3 Å². The molecule has 1 atom stereocenters. The number of hydrogen-bond acceptors (Lipinski definition) is 5. The second kappa shape index (κ2) is 7.27. The second-order valence-electron chi connectivity index (χ2n) is 6.90. The minimum Gasteiger partial charge on any atom is -0.378 e. The van der Waals surface area contributed by atoms with E-state index in [1.165, 1.54) is 13.0 Å². The van der Waals surface area contributed by atoms with Gasteiger partial charge in [0.15, 0.2) is 5.82 Å². The molecular formula is C20H22F3N5.